The van der Waals surface area contributed by atoms with Crippen LogP contribution in [0, 0.1) is 0 Å². The van der Waals surface area contributed by atoms with E-state index in [1.807, 2.05) is 11.9 Å². The highest BCUT2D eigenvalue weighted by Crippen LogP contribution is 2.34. The van der Waals surface area contributed by atoms with Gasteiger partial charge in [-0.1, -0.05) is 11.6 Å². The fourth-order valence-electron chi connectivity index (χ4n) is 3.13. The zero-order valence-electron chi connectivity index (χ0n) is 14.5. The van der Waals surface area contributed by atoms with Gasteiger partial charge in [0.05, 0.1) is 29.5 Å². The van der Waals surface area contributed by atoms with Gasteiger partial charge in [0.15, 0.2) is 0 Å². The van der Waals surface area contributed by atoms with E-state index in [4.69, 9.17) is 16.3 Å². The molecule has 0 unspecified atom stereocenters. The van der Waals surface area contributed by atoms with E-state index >= 15 is 0 Å². The maximum absolute atomic E-state index is 13.2. The Morgan fingerprint density at radius 3 is 2.31 bits per heavy atom. The van der Waals surface area contributed by atoms with Crippen molar-refractivity contribution in [3.05, 3.63) is 22.7 Å². The van der Waals surface area contributed by atoms with Gasteiger partial charge in [0.2, 0.25) is 10.0 Å². The number of anilines is 1. The molecule has 0 atom stereocenters. The maximum Gasteiger partial charge on any atom is 0.337 e. The van der Waals surface area contributed by atoms with E-state index in [-0.39, 0.29) is 28.6 Å². The Balaban J connectivity index is 2.08. The number of piperazine rings is 1. The van der Waals surface area contributed by atoms with Crippen molar-refractivity contribution in [3.63, 3.8) is 0 Å². The van der Waals surface area contributed by atoms with Gasteiger partial charge in [-0.15, -0.1) is 0 Å². The maximum atomic E-state index is 13.2. The van der Waals surface area contributed by atoms with Gasteiger partial charge in [0, 0.05) is 39.3 Å². The predicted octanol–water partition coefficient (Wildman–Crippen LogP) is 0.811. The minimum atomic E-state index is -3.85. The van der Waals surface area contributed by atoms with Crippen molar-refractivity contribution in [2.24, 2.45) is 0 Å². The molecular weight excluding hydrogens is 382 g/mol. The second-order valence-corrected chi connectivity index (χ2v) is 8.73. The minimum Gasteiger partial charge on any atom is -0.478 e. The molecule has 0 aromatic heterocycles. The SMILES string of the molecule is CN1CCN(c2cc(Cl)c(C(=O)O)cc2S(=O)(=O)N2CCOCC2)CC1. The highest BCUT2D eigenvalue weighted by Gasteiger charge is 2.32. The lowest BCUT2D eigenvalue weighted by atomic mass is 10.1. The summed E-state index contributed by atoms with van der Waals surface area (Å²) in [5.74, 6) is -1.25. The average Bonchev–Trinajstić information content (AvgIpc) is 2.62. The molecule has 0 aliphatic carbocycles. The summed E-state index contributed by atoms with van der Waals surface area (Å²) in [4.78, 5) is 15.6. The summed E-state index contributed by atoms with van der Waals surface area (Å²) in [6, 6.07) is 2.65. The van der Waals surface area contributed by atoms with E-state index in [1.54, 1.807) is 0 Å². The van der Waals surface area contributed by atoms with Crippen molar-refractivity contribution in [3.8, 4) is 0 Å². The monoisotopic (exact) mass is 403 g/mol. The molecule has 3 rings (SSSR count). The van der Waals surface area contributed by atoms with E-state index in [0.717, 1.165) is 13.1 Å². The second-order valence-electron chi connectivity index (χ2n) is 6.41. The summed E-state index contributed by atoms with van der Waals surface area (Å²) in [6.07, 6.45) is 0. The lowest BCUT2D eigenvalue weighted by molar-refractivity contribution is 0.0696. The summed E-state index contributed by atoms with van der Waals surface area (Å²) in [6.45, 7) is 4.00. The van der Waals surface area contributed by atoms with Crippen molar-refractivity contribution >= 4 is 33.3 Å². The summed E-state index contributed by atoms with van der Waals surface area (Å²) in [5, 5.41) is 9.40. The Hall–Kier alpha value is -1.39. The van der Waals surface area contributed by atoms with Gasteiger partial charge in [0.1, 0.15) is 4.90 Å². The van der Waals surface area contributed by atoms with Crippen LogP contribution in [0.15, 0.2) is 17.0 Å². The number of hydrogen-bond acceptors (Lipinski definition) is 6. The van der Waals surface area contributed by atoms with Gasteiger partial charge < -0.3 is 19.6 Å². The highest BCUT2D eigenvalue weighted by molar-refractivity contribution is 7.89. The number of carboxylic acid groups (broad SMARTS) is 1. The normalized spacial score (nSPS) is 20.3. The predicted molar refractivity (Wildman–Crippen MR) is 97.7 cm³/mol. The zero-order valence-corrected chi connectivity index (χ0v) is 16.1. The number of sulfonamides is 1. The third-order valence-corrected chi connectivity index (χ3v) is 6.95. The minimum absolute atomic E-state index is 0.00856. The van der Waals surface area contributed by atoms with Crippen LogP contribution in [0.3, 0.4) is 0 Å². The Morgan fingerprint density at radius 2 is 1.73 bits per heavy atom. The first-order valence-electron chi connectivity index (χ1n) is 8.39. The van der Waals surface area contributed by atoms with Crippen molar-refractivity contribution in [2.45, 2.75) is 4.90 Å². The number of nitrogens with zero attached hydrogens (tertiary/aromatic N) is 3. The van der Waals surface area contributed by atoms with Crippen LogP contribution >= 0.6 is 11.6 Å². The molecule has 26 heavy (non-hydrogen) atoms. The topological polar surface area (TPSA) is 90.4 Å². The molecule has 0 bridgehead atoms. The largest absolute Gasteiger partial charge is 0.478 e. The molecule has 1 aromatic carbocycles. The number of morpholine rings is 1. The van der Waals surface area contributed by atoms with E-state index in [1.165, 1.54) is 16.4 Å². The van der Waals surface area contributed by atoms with Crippen molar-refractivity contribution < 1.29 is 23.1 Å². The first-order valence-corrected chi connectivity index (χ1v) is 10.2. The molecule has 2 fully saturated rings. The molecule has 0 amide bonds. The van der Waals surface area contributed by atoms with Crippen LogP contribution in [-0.4, -0.2) is 88.2 Å². The van der Waals surface area contributed by atoms with Gasteiger partial charge in [0.25, 0.3) is 0 Å². The van der Waals surface area contributed by atoms with E-state index < -0.39 is 16.0 Å². The summed E-state index contributed by atoms with van der Waals surface area (Å²) in [7, 11) is -1.85. The van der Waals surface area contributed by atoms with Gasteiger partial charge >= 0.3 is 5.97 Å². The standard InChI is InChI=1S/C16H22ClN3O5S/c1-18-2-4-19(5-3-18)14-11-13(17)12(16(21)22)10-15(14)26(23,24)20-6-8-25-9-7-20/h10-11H,2-9H2,1H3,(H,21,22). The first kappa shape index (κ1) is 19.4. The lowest BCUT2D eigenvalue weighted by Crippen LogP contribution is -2.46. The number of carbonyl (C=O) groups is 1. The van der Waals surface area contributed by atoms with Gasteiger partial charge in [-0.2, -0.15) is 4.31 Å². The van der Waals surface area contributed by atoms with Crippen molar-refractivity contribution in [2.75, 3.05) is 64.4 Å². The molecule has 0 spiro atoms. The number of rotatable bonds is 4. The third kappa shape index (κ3) is 3.81. The molecular formula is C16H22ClN3O5S. The molecule has 8 nitrogen and oxygen atoms in total. The van der Waals surface area contributed by atoms with Crippen molar-refractivity contribution in [1.82, 2.24) is 9.21 Å². The fraction of sp³-hybridized carbons (Fsp3) is 0.562. The quantitative estimate of drug-likeness (QED) is 0.795. The summed E-state index contributed by atoms with van der Waals surface area (Å²) < 4.78 is 33.0. The molecule has 2 heterocycles. The van der Waals surface area contributed by atoms with Crippen LogP contribution in [0.5, 0.6) is 0 Å². The van der Waals surface area contributed by atoms with Gasteiger partial charge in [-0.05, 0) is 19.2 Å². The van der Waals surface area contributed by atoms with E-state index in [2.05, 4.69) is 4.90 Å². The smallest absolute Gasteiger partial charge is 0.337 e. The highest BCUT2D eigenvalue weighted by atomic mass is 35.5. The van der Waals surface area contributed by atoms with Crippen LogP contribution in [-0.2, 0) is 14.8 Å². The number of halogens is 1. The third-order valence-electron chi connectivity index (χ3n) is 4.71. The summed E-state index contributed by atoms with van der Waals surface area (Å²) in [5.41, 5.74) is 0.246. The molecule has 1 N–H and O–H groups in total. The van der Waals surface area contributed by atoms with Gasteiger partial charge in [-0.25, -0.2) is 13.2 Å². The number of likely N-dealkylation sites (N-methyl/N-ethyl adjacent to an activating group) is 1. The second kappa shape index (κ2) is 7.69. The Morgan fingerprint density at radius 1 is 1.12 bits per heavy atom. The Labute approximate surface area is 157 Å². The molecule has 2 aliphatic rings. The fourth-order valence-corrected chi connectivity index (χ4v) is 5.00. The van der Waals surface area contributed by atoms with Crippen LogP contribution in [0.25, 0.3) is 0 Å². The molecule has 144 valence electrons. The van der Waals surface area contributed by atoms with Crippen LogP contribution in [0.2, 0.25) is 5.02 Å². The molecule has 0 radical (unpaired) electrons. The number of aromatic carboxylic acids is 1. The van der Waals surface area contributed by atoms with Crippen LogP contribution in [0.4, 0.5) is 5.69 Å². The van der Waals surface area contributed by atoms with Gasteiger partial charge in [-0.3, -0.25) is 0 Å². The lowest BCUT2D eigenvalue weighted by Gasteiger charge is -2.36. The molecule has 10 heteroatoms. The number of benzene rings is 1. The van der Waals surface area contributed by atoms with Crippen LogP contribution < -0.4 is 4.90 Å². The number of ether oxygens (including phenoxy) is 1. The van der Waals surface area contributed by atoms with E-state index in [9.17, 15) is 18.3 Å². The molecule has 2 aliphatic heterocycles. The summed E-state index contributed by atoms with van der Waals surface area (Å²) >= 11 is 6.13. The molecule has 2 saturated heterocycles. The van der Waals surface area contributed by atoms with Crippen LogP contribution in [0.1, 0.15) is 10.4 Å². The van der Waals surface area contributed by atoms with Crippen molar-refractivity contribution in [1.29, 1.82) is 0 Å². The zero-order chi connectivity index (χ0) is 18.9. The molecule has 0 saturated carbocycles. The molecule has 1 aromatic rings. The Kier molecular flexibility index (Phi) is 5.73. The average molecular weight is 404 g/mol. The number of hydrogen-bond donors (Lipinski definition) is 1. The Bertz CT molecular complexity index is 787. The van der Waals surface area contributed by atoms with E-state index in [0.29, 0.717) is 32.0 Å². The number of carboxylic acids is 1. The first-order chi connectivity index (χ1) is 12.3.